The van der Waals surface area contributed by atoms with E-state index in [1.54, 1.807) is 42.7 Å². The number of rotatable bonds is 7. The molecule has 8 nitrogen and oxygen atoms in total. The Balaban J connectivity index is 1.61. The third-order valence-corrected chi connectivity index (χ3v) is 5.92. The first kappa shape index (κ1) is 23.7. The van der Waals surface area contributed by atoms with Crippen LogP contribution in [0.3, 0.4) is 0 Å². The second-order valence-electron chi connectivity index (χ2n) is 7.69. The standard InChI is InChI=1S/C22H22Cl2N4O4S/c1-33(29,30)31-14-15-7-20(16-9-17(23)11-18(24)10-16)27-21(8-15)32-19-12-25-22(26-13-19)28-5-3-2-4-6-28/h7-13H,2-6,14H2,1H3. The van der Waals surface area contributed by atoms with Crippen molar-refractivity contribution < 1.29 is 17.3 Å². The maximum absolute atomic E-state index is 11.5. The predicted octanol–water partition coefficient (Wildman–Crippen LogP) is 5.10. The molecule has 1 aliphatic heterocycles. The third kappa shape index (κ3) is 6.77. The lowest BCUT2D eigenvalue weighted by atomic mass is 10.1. The highest BCUT2D eigenvalue weighted by molar-refractivity contribution is 7.85. The number of hydrogen-bond donors (Lipinski definition) is 0. The normalized spacial score (nSPS) is 14.3. The van der Waals surface area contributed by atoms with Crippen LogP contribution in [-0.2, 0) is 20.9 Å². The molecule has 11 heteroatoms. The SMILES string of the molecule is CS(=O)(=O)OCc1cc(Oc2cnc(N3CCCCC3)nc2)nc(-c2cc(Cl)cc(Cl)c2)c1. The van der Waals surface area contributed by atoms with Crippen LogP contribution in [0, 0.1) is 0 Å². The fourth-order valence-electron chi connectivity index (χ4n) is 3.46. The van der Waals surface area contributed by atoms with Crippen LogP contribution in [0.2, 0.25) is 10.0 Å². The molecule has 1 saturated heterocycles. The number of benzene rings is 1. The maximum atomic E-state index is 11.5. The van der Waals surface area contributed by atoms with Crippen LogP contribution in [0.4, 0.5) is 5.95 Å². The highest BCUT2D eigenvalue weighted by Gasteiger charge is 2.15. The molecule has 33 heavy (non-hydrogen) atoms. The Hall–Kier alpha value is -2.46. The zero-order valence-corrected chi connectivity index (χ0v) is 20.2. The van der Waals surface area contributed by atoms with Gasteiger partial charge in [0.25, 0.3) is 10.1 Å². The molecular formula is C22H22Cl2N4O4S. The molecule has 0 saturated carbocycles. The molecule has 0 aliphatic carbocycles. The average Bonchev–Trinajstić information content (AvgIpc) is 2.78. The summed E-state index contributed by atoms with van der Waals surface area (Å²) in [4.78, 5) is 15.5. The van der Waals surface area contributed by atoms with Crippen LogP contribution < -0.4 is 9.64 Å². The average molecular weight is 509 g/mol. The Morgan fingerprint density at radius 3 is 2.27 bits per heavy atom. The monoisotopic (exact) mass is 508 g/mol. The van der Waals surface area contributed by atoms with E-state index in [1.165, 1.54) is 6.42 Å². The van der Waals surface area contributed by atoms with Gasteiger partial charge in [0.1, 0.15) is 0 Å². The fourth-order valence-corrected chi connectivity index (χ4v) is 4.34. The van der Waals surface area contributed by atoms with Crippen molar-refractivity contribution in [3.63, 3.8) is 0 Å². The van der Waals surface area contributed by atoms with Crippen molar-refractivity contribution in [1.29, 1.82) is 0 Å². The van der Waals surface area contributed by atoms with E-state index in [1.807, 2.05) is 0 Å². The number of piperidine rings is 1. The highest BCUT2D eigenvalue weighted by atomic mass is 35.5. The van der Waals surface area contributed by atoms with E-state index in [0.29, 0.717) is 38.6 Å². The van der Waals surface area contributed by atoms with Crippen LogP contribution in [0.1, 0.15) is 24.8 Å². The van der Waals surface area contributed by atoms with Crippen molar-refractivity contribution >= 4 is 39.3 Å². The van der Waals surface area contributed by atoms with E-state index < -0.39 is 10.1 Å². The fraction of sp³-hybridized carbons (Fsp3) is 0.318. The highest BCUT2D eigenvalue weighted by Crippen LogP contribution is 2.30. The summed E-state index contributed by atoms with van der Waals surface area (Å²) in [5.41, 5.74) is 1.69. The van der Waals surface area contributed by atoms with Gasteiger partial charge in [0.2, 0.25) is 11.8 Å². The van der Waals surface area contributed by atoms with Gasteiger partial charge >= 0.3 is 0 Å². The van der Waals surface area contributed by atoms with Crippen molar-refractivity contribution in [2.45, 2.75) is 25.9 Å². The summed E-state index contributed by atoms with van der Waals surface area (Å²) in [5, 5.41) is 0.891. The van der Waals surface area contributed by atoms with Crippen molar-refractivity contribution in [3.05, 3.63) is 58.3 Å². The van der Waals surface area contributed by atoms with Crippen LogP contribution in [-0.4, -0.2) is 42.7 Å². The third-order valence-electron chi connectivity index (χ3n) is 4.94. The summed E-state index contributed by atoms with van der Waals surface area (Å²) in [6, 6.07) is 8.31. The zero-order valence-electron chi connectivity index (χ0n) is 17.9. The van der Waals surface area contributed by atoms with Gasteiger partial charge < -0.3 is 9.64 Å². The molecule has 0 amide bonds. The van der Waals surface area contributed by atoms with Crippen LogP contribution in [0.15, 0.2) is 42.7 Å². The first-order valence-corrected chi connectivity index (χ1v) is 12.9. The van der Waals surface area contributed by atoms with Gasteiger partial charge in [-0.05, 0) is 49.1 Å². The van der Waals surface area contributed by atoms with Gasteiger partial charge in [-0.3, -0.25) is 4.18 Å². The number of anilines is 1. The molecule has 1 aliphatic rings. The molecule has 4 rings (SSSR count). The Morgan fingerprint density at radius 2 is 1.64 bits per heavy atom. The van der Waals surface area contributed by atoms with Gasteiger partial charge in [0, 0.05) is 34.8 Å². The predicted molar refractivity (Wildman–Crippen MR) is 127 cm³/mol. The van der Waals surface area contributed by atoms with Crippen LogP contribution in [0.5, 0.6) is 11.6 Å². The summed E-state index contributed by atoms with van der Waals surface area (Å²) >= 11 is 12.3. The molecule has 3 aromatic rings. The van der Waals surface area contributed by atoms with Gasteiger partial charge in [-0.2, -0.15) is 8.42 Å². The second-order valence-corrected chi connectivity index (χ2v) is 10.2. The van der Waals surface area contributed by atoms with E-state index in [-0.39, 0.29) is 12.5 Å². The molecule has 1 fully saturated rings. The molecule has 3 heterocycles. The lowest BCUT2D eigenvalue weighted by Crippen LogP contribution is -2.30. The molecule has 0 bridgehead atoms. The van der Waals surface area contributed by atoms with E-state index in [9.17, 15) is 8.42 Å². The van der Waals surface area contributed by atoms with E-state index in [2.05, 4.69) is 19.9 Å². The van der Waals surface area contributed by atoms with Gasteiger partial charge in [0.05, 0.1) is 31.0 Å². The minimum atomic E-state index is -3.63. The molecule has 0 unspecified atom stereocenters. The lowest BCUT2D eigenvalue weighted by Gasteiger charge is -2.26. The van der Waals surface area contributed by atoms with Crippen molar-refractivity contribution in [2.75, 3.05) is 24.2 Å². The summed E-state index contributed by atoms with van der Waals surface area (Å²) in [6.07, 6.45) is 7.66. The Bertz CT molecular complexity index is 1210. The number of nitrogens with zero attached hydrogens (tertiary/aromatic N) is 4. The van der Waals surface area contributed by atoms with Gasteiger partial charge in [-0.1, -0.05) is 23.2 Å². The number of aromatic nitrogens is 3. The smallest absolute Gasteiger partial charge is 0.264 e. The molecule has 0 atom stereocenters. The molecular weight excluding hydrogens is 487 g/mol. The summed E-state index contributed by atoms with van der Waals surface area (Å²) in [5.74, 6) is 1.30. The van der Waals surface area contributed by atoms with Crippen molar-refractivity contribution in [3.8, 4) is 22.9 Å². The van der Waals surface area contributed by atoms with Gasteiger partial charge in [-0.25, -0.2) is 15.0 Å². The van der Waals surface area contributed by atoms with E-state index in [0.717, 1.165) is 32.2 Å². The molecule has 174 valence electrons. The maximum Gasteiger partial charge on any atom is 0.264 e. The molecule has 2 aromatic heterocycles. The molecule has 0 spiro atoms. The topological polar surface area (TPSA) is 94.5 Å². The minimum Gasteiger partial charge on any atom is -0.436 e. The second kappa shape index (κ2) is 10.2. The Morgan fingerprint density at radius 1 is 0.970 bits per heavy atom. The largest absolute Gasteiger partial charge is 0.436 e. The Labute approximate surface area is 202 Å². The minimum absolute atomic E-state index is 0.177. The number of hydrogen-bond acceptors (Lipinski definition) is 8. The quantitative estimate of drug-likeness (QED) is 0.406. The first-order chi connectivity index (χ1) is 15.7. The molecule has 0 radical (unpaired) electrons. The molecule has 0 N–H and O–H groups in total. The number of ether oxygens (including phenoxy) is 1. The van der Waals surface area contributed by atoms with Gasteiger partial charge in [-0.15, -0.1) is 0 Å². The lowest BCUT2D eigenvalue weighted by molar-refractivity contribution is 0.311. The summed E-state index contributed by atoms with van der Waals surface area (Å²) < 4.78 is 33.8. The Kier molecular flexibility index (Phi) is 7.33. The van der Waals surface area contributed by atoms with E-state index >= 15 is 0 Å². The first-order valence-electron chi connectivity index (χ1n) is 10.3. The number of halogens is 2. The van der Waals surface area contributed by atoms with Crippen molar-refractivity contribution in [2.24, 2.45) is 0 Å². The van der Waals surface area contributed by atoms with Crippen LogP contribution >= 0.6 is 23.2 Å². The van der Waals surface area contributed by atoms with Gasteiger partial charge in [0.15, 0.2) is 5.75 Å². The summed E-state index contributed by atoms with van der Waals surface area (Å²) in [6.45, 7) is 1.70. The zero-order chi connectivity index (χ0) is 23.4. The summed E-state index contributed by atoms with van der Waals surface area (Å²) in [7, 11) is -3.63. The van der Waals surface area contributed by atoms with Crippen LogP contribution in [0.25, 0.3) is 11.3 Å². The van der Waals surface area contributed by atoms with E-state index in [4.69, 9.17) is 32.1 Å². The van der Waals surface area contributed by atoms with Crippen molar-refractivity contribution in [1.82, 2.24) is 15.0 Å². The molecule has 1 aromatic carbocycles. The number of pyridine rings is 1.